The Bertz CT molecular complexity index is 958. The summed E-state index contributed by atoms with van der Waals surface area (Å²) < 4.78 is 5.32. The van der Waals surface area contributed by atoms with Crippen molar-refractivity contribution in [3.05, 3.63) is 65.4 Å². The van der Waals surface area contributed by atoms with E-state index in [1.807, 2.05) is 41.4 Å². The highest BCUT2D eigenvalue weighted by molar-refractivity contribution is 5.98. The molecule has 1 saturated heterocycles. The molecule has 0 saturated carbocycles. The lowest BCUT2D eigenvalue weighted by Crippen LogP contribution is -2.40. The molecule has 132 valence electrons. The first-order chi connectivity index (χ1) is 12.6. The van der Waals surface area contributed by atoms with E-state index in [1.54, 1.807) is 0 Å². The van der Waals surface area contributed by atoms with E-state index in [0.29, 0.717) is 26.3 Å². The number of rotatable bonds is 2. The van der Waals surface area contributed by atoms with Gasteiger partial charge >= 0.3 is 0 Å². The molecule has 3 aromatic rings. The number of carbonyl (C=O) groups is 1. The molecule has 0 radical (unpaired) electrons. The Morgan fingerprint density at radius 1 is 1.00 bits per heavy atom. The molecule has 1 fully saturated rings. The van der Waals surface area contributed by atoms with Gasteiger partial charge in [-0.15, -0.1) is 0 Å². The number of hydrogen-bond acceptors (Lipinski definition) is 3. The standard InChI is InChI=1S/C22H22N2O2/c1-15-3-8-20-19(9-10-23-21(20)16(15)2)17-4-6-18(7-5-17)22(25)24-11-13-26-14-12-24/h3-10H,11-14H2,1-2H3. The van der Waals surface area contributed by atoms with Crippen molar-refractivity contribution in [1.29, 1.82) is 0 Å². The maximum absolute atomic E-state index is 12.6. The van der Waals surface area contributed by atoms with Crippen LogP contribution in [0.5, 0.6) is 0 Å². The Labute approximate surface area is 153 Å². The van der Waals surface area contributed by atoms with Crippen molar-refractivity contribution in [2.75, 3.05) is 26.3 Å². The van der Waals surface area contributed by atoms with Gasteiger partial charge in [-0.05, 0) is 54.3 Å². The molecule has 2 heterocycles. The fraction of sp³-hybridized carbons (Fsp3) is 0.273. The van der Waals surface area contributed by atoms with Crippen LogP contribution in [0.4, 0.5) is 0 Å². The Balaban J connectivity index is 1.68. The SMILES string of the molecule is Cc1ccc2c(-c3ccc(C(=O)N4CCOCC4)cc3)ccnc2c1C. The van der Waals surface area contributed by atoms with Crippen molar-refractivity contribution >= 4 is 16.8 Å². The summed E-state index contributed by atoms with van der Waals surface area (Å²) in [5, 5.41) is 1.14. The third kappa shape index (κ3) is 2.97. The highest BCUT2D eigenvalue weighted by atomic mass is 16.5. The third-order valence-corrected chi connectivity index (χ3v) is 5.18. The summed E-state index contributed by atoms with van der Waals surface area (Å²) in [6.45, 7) is 6.77. The number of ether oxygens (including phenoxy) is 1. The van der Waals surface area contributed by atoms with E-state index >= 15 is 0 Å². The van der Waals surface area contributed by atoms with Crippen LogP contribution in [0.1, 0.15) is 21.5 Å². The minimum absolute atomic E-state index is 0.0749. The number of carbonyl (C=O) groups excluding carboxylic acids is 1. The molecule has 26 heavy (non-hydrogen) atoms. The zero-order chi connectivity index (χ0) is 18.1. The molecule has 0 N–H and O–H groups in total. The Kier molecular flexibility index (Phi) is 4.43. The maximum Gasteiger partial charge on any atom is 0.254 e. The zero-order valence-corrected chi connectivity index (χ0v) is 15.2. The first-order valence-electron chi connectivity index (χ1n) is 8.97. The second kappa shape index (κ2) is 6.89. The topological polar surface area (TPSA) is 42.4 Å². The first-order valence-corrected chi connectivity index (χ1v) is 8.97. The highest BCUT2D eigenvalue weighted by Crippen LogP contribution is 2.30. The largest absolute Gasteiger partial charge is 0.378 e. The zero-order valence-electron chi connectivity index (χ0n) is 15.2. The van der Waals surface area contributed by atoms with Crippen LogP contribution in [-0.2, 0) is 4.74 Å². The highest BCUT2D eigenvalue weighted by Gasteiger charge is 2.18. The van der Waals surface area contributed by atoms with Gasteiger partial charge in [-0.3, -0.25) is 9.78 Å². The molecule has 0 unspecified atom stereocenters. The van der Waals surface area contributed by atoms with Crippen LogP contribution in [0.3, 0.4) is 0 Å². The van der Waals surface area contributed by atoms with Gasteiger partial charge in [-0.2, -0.15) is 0 Å². The monoisotopic (exact) mass is 346 g/mol. The molecule has 0 bridgehead atoms. The number of benzene rings is 2. The van der Waals surface area contributed by atoms with Gasteiger partial charge in [-0.1, -0.05) is 24.3 Å². The van der Waals surface area contributed by atoms with Crippen molar-refractivity contribution in [2.24, 2.45) is 0 Å². The van der Waals surface area contributed by atoms with E-state index in [0.717, 1.165) is 27.6 Å². The lowest BCUT2D eigenvalue weighted by molar-refractivity contribution is 0.0303. The van der Waals surface area contributed by atoms with Crippen LogP contribution >= 0.6 is 0 Å². The van der Waals surface area contributed by atoms with Gasteiger partial charge < -0.3 is 9.64 Å². The van der Waals surface area contributed by atoms with Gasteiger partial charge in [0.05, 0.1) is 18.7 Å². The molecular formula is C22H22N2O2. The van der Waals surface area contributed by atoms with Crippen molar-refractivity contribution in [2.45, 2.75) is 13.8 Å². The number of aromatic nitrogens is 1. The predicted molar refractivity (Wildman–Crippen MR) is 103 cm³/mol. The van der Waals surface area contributed by atoms with Crippen LogP contribution in [0.25, 0.3) is 22.0 Å². The number of morpholine rings is 1. The molecule has 4 rings (SSSR count). The minimum atomic E-state index is 0.0749. The molecule has 0 spiro atoms. The van der Waals surface area contributed by atoms with Gasteiger partial charge in [0, 0.05) is 30.2 Å². The molecule has 1 aliphatic rings. The van der Waals surface area contributed by atoms with Crippen molar-refractivity contribution < 1.29 is 9.53 Å². The summed E-state index contributed by atoms with van der Waals surface area (Å²) >= 11 is 0. The number of fused-ring (bicyclic) bond motifs is 1. The molecular weight excluding hydrogens is 324 g/mol. The Morgan fingerprint density at radius 2 is 1.73 bits per heavy atom. The van der Waals surface area contributed by atoms with Crippen molar-refractivity contribution in [1.82, 2.24) is 9.88 Å². The summed E-state index contributed by atoms with van der Waals surface area (Å²) in [5.74, 6) is 0.0749. The van der Waals surface area contributed by atoms with Crippen LogP contribution in [0.2, 0.25) is 0 Å². The summed E-state index contributed by atoms with van der Waals surface area (Å²) in [5.41, 5.74) is 6.46. The van der Waals surface area contributed by atoms with Crippen molar-refractivity contribution in [3.63, 3.8) is 0 Å². The molecule has 4 heteroatoms. The third-order valence-electron chi connectivity index (χ3n) is 5.18. The van der Waals surface area contributed by atoms with Crippen LogP contribution in [0, 0.1) is 13.8 Å². The Morgan fingerprint density at radius 3 is 2.46 bits per heavy atom. The smallest absolute Gasteiger partial charge is 0.254 e. The van der Waals surface area contributed by atoms with Gasteiger partial charge in [0.15, 0.2) is 0 Å². The molecule has 1 aliphatic heterocycles. The number of hydrogen-bond donors (Lipinski definition) is 0. The second-order valence-electron chi connectivity index (χ2n) is 6.74. The lowest BCUT2D eigenvalue weighted by atomic mass is 9.97. The summed E-state index contributed by atoms with van der Waals surface area (Å²) in [6, 6.07) is 14.2. The summed E-state index contributed by atoms with van der Waals surface area (Å²) in [7, 11) is 0. The van der Waals surface area contributed by atoms with E-state index in [2.05, 4.69) is 31.0 Å². The quantitative estimate of drug-likeness (QED) is 0.704. The van der Waals surface area contributed by atoms with E-state index in [9.17, 15) is 4.79 Å². The van der Waals surface area contributed by atoms with Gasteiger partial charge in [0.2, 0.25) is 0 Å². The van der Waals surface area contributed by atoms with Crippen molar-refractivity contribution in [3.8, 4) is 11.1 Å². The summed E-state index contributed by atoms with van der Waals surface area (Å²) in [6.07, 6.45) is 1.86. The fourth-order valence-corrected chi connectivity index (χ4v) is 3.45. The fourth-order valence-electron chi connectivity index (χ4n) is 3.45. The maximum atomic E-state index is 12.6. The number of pyridine rings is 1. The normalized spacial score (nSPS) is 14.6. The molecule has 1 amide bonds. The molecule has 0 atom stereocenters. The average molecular weight is 346 g/mol. The molecule has 2 aromatic carbocycles. The number of amides is 1. The average Bonchev–Trinajstić information content (AvgIpc) is 2.71. The van der Waals surface area contributed by atoms with E-state index in [-0.39, 0.29) is 5.91 Å². The molecule has 0 aliphatic carbocycles. The lowest BCUT2D eigenvalue weighted by Gasteiger charge is -2.26. The van der Waals surface area contributed by atoms with Crippen LogP contribution < -0.4 is 0 Å². The first kappa shape index (κ1) is 16.7. The van der Waals surface area contributed by atoms with Crippen LogP contribution in [-0.4, -0.2) is 42.1 Å². The van der Waals surface area contributed by atoms with E-state index in [1.165, 1.54) is 11.1 Å². The van der Waals surface area contributed by atoms with Gasteiger partial charge in [-0.25, -0.2) is 0 Å². The van der Waals surface area contributed by atoms with Gasteiger partial charge in [0.25, 0.3) is 5.91 Å². The van der Waals surface area contributed by atoms with E-state index in [4.69, 9.17) is 4.74 Å². The number of nitrogens with zero attached hydrogens (tertiary/aromatic N) is 2. The predicted octanol–water partition coefficient (Wildman–Crippen LogP) is 3.99. The minimum Gasteiger partial charge on any atom is -0.378 e. The molecule has 4 nitrogen and oxygen atoms in total. The van der Waals surface area contributed by atoms with Crippen LogP contribution in [0.15, 0.2) is 48.7 Å². The summed E-state index contributed by atoms with van der Waals surface area (Å²) in [4.78, 5) is 19.0. The molecule has 1 aromatic heterocycles. The number of aryl methyl sites for hydroxylation is 2. The van der Waals surface area contributed by atoms with Gasteiger partial charge in [0.1, 0.15) is 0 Å². The van der Waals surface area contributed by atoms with E-state index < -0.39 is 0 Å². The second-order valence-corrected chi connectivity index (χ2v) is 6.74. The Hall–Kier alpha value is -2.72.